The first-order chi connectivity index (χ1) is 7.90. The van der Waals surface area contributed by atoms with Crippen LogP contribution < -0.4 is 5.73 Å². The van der Waals surface area contributed by atoms with Crippen molar-refractivity contribution in [2.24, 2.45) is 35.3 Å². The number of nitrogens with two attached hydrogens (primary N) is 1. The van der Waals surface area contributed by atoms with Crippen molar-refractivity contribution in [3.63, 3.8) is 0 Å². The molecule has 0 saturated heterocycles. The normalized spacial score (nSPS) is 48.2. The Morgan fingerprint density at radius 2 is 1.25 bits per heavy atom. The molecule has 3 aliphatic carbocycles. The van der Waals surface area contributed by atoms with E-state index in [0.717, 1.165) is 36.1 Å². The minimum Gasteiger partial charge on any atom is -0.330 e. The van der Waals surface area contributed by atoms with Gasteiger partial charge in [0.1, 0.15) is 0 Å². The maximum atomic E-state index is 6.12. The summed E-state index contributed by atoms with van der Waals surface area (Å²) in [6.45, 7) is 0.975. The van der Waals surface area contributed by atoms with Gasteiger partial charge in [-0.1, -0.05) is 38.5 Å². The first-order valence-electron chi connectivity index (χ1n) is 7.60. The lowest BCUT2D eigenvalue weighted by molar-refractivity contribution is -0.00665. The van der Waals surface area contributed by atoms with Crippen LogP contribution in [-0.4, -0.2) is 6.54 Å². The number of hydrogen-bond acceptors (Lipinski definition) is 1. The Labute approximate surface area is 100 Å². The van der Waals surface area contributed by atoms with E-state index in [-0.39, 0.29) is 0 Å². The molecular weight excluding hydrogens is 194 g/mol. The lowest BCUT2D eigenvalue weighted by Gasteiger charge is -2.51. The van der Waals surface area contributed by atoms with Crippen LogP contribution >= 0.6 is 0 Å². The van der Waals surface area contributed by atoms with Crippen molar-refractivity contribution >= 4 is 0 Å². The molecule has 1 heteroatoms. The van der Waals surface area contributed by atoms with Crippen molar-refractivity contribution in [2.45, 2.75) is 57.8 Å². The highest BCUT2D eigenvalue weighted by Gasteiger charge is 2.44. The highest BCUT2D eigenvalue weighted by molar-refractivity contribution is 4.95. The van der Waals surface area contributed by atoms with Gasteiger partial charge in [-0.15, -0.1) is 0 Å². The van der Waals surface area contributed by atoms with Gasteiger partial charge in [0.05, 0.1) is 0 Å². The third-order valence-electron chi connectivity index (χ3n) is 5.91. The second-order valence-electron chi connectivity index (χ2n) is 6.55. The molecule has 0 amide bonds. The van der Waals surface area contributed by atoms with Crippen LogP contribution in [0.15, 0.2) is 0 Å². The Kier molecular flexibility index (Phi) is 3.24. The Morgan fingerprint density at radius 1 is 0.750 bits per heavy atom. The molecule has 16 heavy (non-hydrogen) atoms. The second kappa shape index (κ2) is 4.68. The van der Waals surface area contributed by atoms with Gasteiger partial charge in [-0.05, 0) is 55.4 Å². The smallest absolute Gasteiger partial charge is 0.00434 e. The van der Waals surface area contributed by atoms with Gasteiger partial charge in [0.25, 0.3) is 0 Å². The minimum absolute atomic E-state index is 0.893. The van der Waals surface area contributed by atoms with Crippen molar-refractivity contribution in [1.82, 2.24) is 0 Å². The van der Waals surface area contributed by atoms with Crippen LogP contribution in [0.5, 0.6) is 0 Å². The van der Waals surface area contributed by atoms with Crippen LogP contribution in [0.25, 0.3) is 0 Å². The van der Waals surface area contributed by atoms with E-state index in [1.54, 1.807) is 6.42 Å². The molecule has 3 saturated carbocycles. The number of hydrogen-bond donors (Lipinski definition) is 1. The van der Waals surface area contributed by atoms with Crippen LogP contribution in [0.2, 0.25) is 0 Å². The van der Waals surface area contributed by atoms with E-state index >= 15 is 0 Å². The van der Waals surface area contributed by atoms with Gasteiger partial charge in [-0.3, -0.25) is 0 Å². The molecule has 92 valence electrons. The average molecular weight is 221 g/mol. The van der Waals surface area contributed by atoms with Crippen LogP contribution in [0.1, 0.15) is 57.8 Å². The molecule has 0 bridgehead atoms. The summed E-state index contributed by atoms with van der Waals surface area (Å²) in [6.07, 6.45) is 13.5. The van der Waals surface area contributed by atoms with Crippen LogP contribution in [0.4, 0.5) is 0 Å². The predicted molar refractivity (Wildman–Crippen MR) is 68.1 cm³/mol. The maximum Gasteiger partial charge on any atom is -0.00434 e. The molecule has 3 rings (SSSR count). The Morgan fingerprint density at radius 3 is 1.75 bits per heavy atom. The van der Waals surface area contributed by atoms with E-state index in [4.69, 9.17) is 5.73 Å². The first-order valence-corrected chi connectivity index (χ1v) is 7.60. The Hall–Kier alpha value is -0.0400. The molecule has 3 fully saturated rings. The lowest BCUT2D eigenvalue weighted by atomic mass is 9.55. The summed E-state index contributed by atoms with van der Waals surface area (Å²) in [5.74, 6) is 5.03. The molecular formula is C15H27N. The Bertz CT molecular complexity index is 216. The summed E-state index contributed by atoms with van der Waals surface area (Å²) in [5.41, 5.74) is 6.12. The van der Waals surface area contributed by atoms with Crippen molar-refractivity contribution in [3.05, 3.63) is 0 Å². The van der Waals surface area contributed by atoms with Crippen molar-refractivity contribution in [1.29, 1.82) is 0 Å². The molecule has 0 aromatic carbocycles. The van der Waals surface area contributed by atoms with E-state index < -0.39 is 0 Å². The summed E-state index contributed by atoms with van der Waals surface area (Å²) in [4.78, 5) is 0. The maximum absolute atomic E-state index is 6.12. The van der Waals surface area contributed by atoms with Crippen molar-refractivity contribution in [2.75, 3.05) is 6.54 Å². The highest BCUT2D eigenvalue weighted by Crippen LogP contribution is 2.52. The predicted octanol–water partition coefficient (Wildman–Crippen LogP) is 3.58. The molecule has 0 aromatic heterocycles. The fourth-order valence-corrected chi connectivity index (χ4v) is 5.24. The standard InChI is InChI=1S/C15H27N/c16-10-15-13-7-3-1-5-11(13)9-12-6-2-4-8-14(12)15/h11-15H,1-10,16H2. The van der Waals surface area contributed by atoms with E-state index in [1.165, 1.54) is 51.4 Å². The summed E-state index contributed by atoms with van der Waals surface area (Å²) in [6, 6.07) is 0. The molecule has 4 atom stereocenters. The van der Waals surface area contributed by atoms with Gasteiger partial charge in [0.2, 0.25) is 0 Å². The third kappa shape index (κ3) is 1.81. The van der Waals surface area contributed by atoms with Gasteiger partial charge in [-0.2, -0.15) is 0 Å². The number of rotatable bonds is 1. The van der Waals surface area contributed by atoms with Crippen molar-refractivity contribution < 1.29 is 0 Å². The average Bonchev–Trinajstić information content (AvgIpc) is 2.36. The van der Waals surface area contributed by atoms with Crippen LogP contribution in [0.3, 0.4) is 0 Å². The van der Waals surface area contributed by atoms with Crippen LogP contribution in [-0.2, 0) is 0 Å². The van der Waals surface area contributed by atoms with Gasteiger partial charge in [0, 0.05) is 0 Å². The largest absolute Gasteiger partial charge is 0.330 e. The zero-order valence-electron chi connectivity index (χ0n) is 10.5. The monoisotopic (exact) mass is 221 g/mol. The molecule has 4 unspecified atom stereocenters. The fourth-order valence-electron chi connectivity index (χ4n) is 5.24. The molecule has 1 nitrogen and oxygen atoms in total. The highest BCUT2D eigenvalue weighted by atomic mass is 14.6. The molecule has 0 radical (unpaired) electrons. The topological polar surface area (TPSA) is 26.0 Å². The molecule has 0 spiro atoms. The van der Waals surface area contributed by atoms with Gasteiger partial charge in [-0.25, -0.2) is 0 Å². The third-order valence-corrected chi connectivity index (χ3v) is 5.91. The summed E-state index contributed by atoms with van der Waals surface area (Å²) in [5, 5.41) is 0. The molecule has 0 heterocycles. The summed E-state index contributed by atoms with van der Waals surface area (Å²) < 4.78 is 0. The van der Waals surface area contributed by atoms with Gasteiger partial charge >= 0.3 is 0 Å². The van der Waals surface area contributed by atoms with E-state index in [0.29, 0.717) is 0 Å². The lowest BCUT2D eigenvalue weighted by Crippen LogP contribution is -2.45. The fraction of sp³-hybridized carbons (Fsp3) is 1.00. The first kappa shape index (κ1) is 11.1. The molecule has 0 aliphatic heterocycles. The molecule has 3 aliphatic rings. The van der Waals surface area contributed by atoms with E-state index in [1.807, 2.05) is 0 Å². The summed E-state index contributed by atoms with van der Waals surface area (Å²) >= 11 is 0. The molecule has 0 aromatic rings. The zero-order chi connectivity index (χ0) is 11.0. The summed E-state index contributed by atoms with van der Waals surface area (Å²) in [7, 11) is 0. The van der Waals surface area contributed by atoms with E-state index in [2.05, 4.69) is 0 Å². The van der Waals surface area contributed by atoms with Gasteiger partial charge < -0.3 is 5.73 Å². The van der Waals surface area contributed by atoms with Crippen LogP contribution in [0, 0.1) is 29.6 Å². The van der Waals surface area contributed by atoms with E-state index in [9.17, 15) is 0 Å². The second-order valence-corrected chi connectivity index (χ2v) is 6.55. The quantitative estimate of drug-likeness (QED) is 0.719. The SMILES string of the molecule is NCC1C2CCCCC2CC2CCCCC21. The zero-order valence-corrected chi connectivity index (χ0v) is 10.5. The van der Waals surface area contributed by atoms with Crippen molar-refractivity contribution in [3.8, 4) is 0 Å². The Balaban J connectivity index is 1.78. The van der Waals surface area contributed by atoms with Gasteiger partial charge in [0.15, 0.2) is 0 Å². The molecule has 2 N–H and O–H groups in total. The minimum atomic E-state index is 0.893. The number of fused-ring (bicyclic) bond motifs is 2.